The monoisotopic (exact) mass is 224 g/mol. The van der Waals surface area contributed by atoms with Gasteiger partial charge in [0.2, 0.25) is 5.91 Å². The Morgan fingerprint density at radius 3 is 2.56 bits per heavy atom. The molecular formula is C13H24N2O. The van der Waals surface area contributed by atoms with Crippen LogP contribution in [0.15, 0.2) is 0 Å². The van der Waals surface area contributed by atoms with Gasteiger partial charge in [0.1, 0.15) is 0 Å². The maximum Gasteiger partial charge on any atom is 0.237 e. The van der Waals surface area contributed by atoms with Gasteiger partial charge in [-0.05, 0) is 50.0 Å². The van der Waals surface area contributed by atoms with Gasteiger partial charge in [0.05, 0.1) is 5.54 Å². The molecular weight excluding hydrogens is 200 g/mol. The van der Waals surface area contributed by atoms with E-state index in [9.17, 15) is 4.79 Å². The summed E-state index contributed by atoms with van der Waals surface area (Å²) in [5.74, 6) is 0.641. The number of nitrogens with one attached hydrogen (secondary N) is 1. The van der Waals surface area contributed by atoms with Crippen LogP contribution in [0, 0.1) is 11.3 Å². The Bertz CT molecular complexity index is 284. The number of primary amides is 1. The van der Waals surface area contributed by atoms with Gasteiger partial charge in [0.25, 0.3) is 0 Å². The van der Waals surface area contributed by atoms with Crippen molar-refractivity contribution in [3.63, 3.8) is 0 Å². The van der Waals surface area contributed by atoms with E-state index < -0.39 is 5.54 Å². The molecule has 1 unspecified atom stereocenters. The van der Waals surface area contributed by atoms with Crippen molar-refractivity contribution >= 4 is 5.91 Å². The first-order valence-electron chi connectivity index (χ1n) is 6.49. The molecule has 2 aliphatic carbocycles. The number of rotatable bonds is 4. The zero-order valence-corrected chi connectivity index (χ0v) is 10.5. The van der Waals surface area contributed by atoms with E-state index in [-0.39, 0.29) is 11.3 Å². The first kappa shape index (κ1) is 11.9. The molecule has 0 bridgehead atoms. The van der Waals surface area contributed by atoms with Gasteiger partial charge in [0.15, 0.2) is 0 Å². The lowest BCUT2D eigenvalue weighted by molar-refractivity contribution is -0.127. The molecule has 3 nitrogen and oxygen atoms in total. The van der Waals surface area contributed by atoms with Gasteiger partial charge in [-0.15, -0.1) is 0 Å². The van der Waals surface area contributed by atoms with Crippen molar-refractivity contribution < 1.29 is 4.79 Å². The molecule has 0 aromatic rings. The van der Waals surface area contributed by atoms with E-state index in [0.717, 1.165) is 31.7 Å². The van der Waals surface area contributed by atoms with E-state index in [4.69, 9.17) is 5.73 Å². The Morgan fingerprint density at radius 1 is 1.38 bits per heavy atom. The number of hydrogen-bond acceptors (Lipinski definition) is 2. The minimum Gasteiger partial charge on any atom is -0.368 e. The summed E-state index contributed by atoms with van der Waals surface area (Å²) in [5.41, 5.74) is 5.44. The summed E-state index contributed by atoms with van der Waals surface area (Å²) in [6.45, 7) is 5.45. The molecule has 0 saturated heterocycles. The normalized spacial score (nSPS) is 33.6. The molecule has 0 radical (unpaired) electrons. The fourth-order valence-corrected chi connectivity index (χ4v) is 2.97. The van der Waals surface area contributed by atoms with Gasteiger partial charge in [-0.1, -0.05) is 20.3 Å². The third kappa shape index (κ3) is 2.57. The summed E-state index contributed by atoms with van der Waals surface area (Å²) in [6, 6.07) is 0. The third-order valence-corrected chi connectivity index (χ3v) is 4.14. The van der Waals surface area contributed by atoms with E-state index in [1.807, 2.05) is 0 Å². The molecule has 1 amide bonds. The molecule has 3 heteroatoms. The fourth-order valence-electron chi connectivity index (χ4n) is 2.97. The maximum atomic E-state index is 11.8. The highest BCUT2D eigenvalue weighted by molar-refractivity contribution is 5.84. The summed E-state index contributed by atoms with van der Waals surface area (Å²) in [5, 5.41) is 3.48. The van der Waals surface area contributed by atoms with Crippen molar-refractivity contribution in [3.8, 4) is 0 Å². The Kier molecular flexibility index (Phi) is 2.99. The maximum absolute atomic E-state index is 11.8. The number of carbonyl (C=O) groups excluding carboxylic acids is 1. The molecule has 1 atom stereocenters. The standard InChI is InChI=1S/C13H24N2O/c1-12(2)6-3-7-13(9-12,11(14)16)15-8-10-4-5-10/h10,15H,3-9H2,1-2H3,(H2,14,16). The van der Waals surface area contributed by atoms with Gasteiger partial charge < -0.3 is 11.1 Å². The largest absolute Gasteiger partial charge is 0.368 e. The van der Waals surface area contributed by atoms with Crippen molar-refractivity contribution in [2.24, 2.45) is 17.1 Å². The van der Waals surface area contributed by atoms with Crippen molar-refractivity contribution in [1.82, 2.24) is 5.32 Å². The molecule has 16 heavy (non-hydrogen) atoms. The first-order valence-corrected chi connectivity index (χ1v) is 6.49. The van der Waals surface area contributed by atoms with Crippen LogP contribution in [0.2, 0.25) is 0 Å². The van der Waals surface area contributed by atoms with Gasteiger partial charge >= 0.3 is 0 Å². The van der Waals surface area contributed by atoms with Crippen LogP contribution in [0.1, 0.15) is 52.4 Å². The fraction of sp³-hybridized carbons (Fsp3) is 0.923. The van der Waals surface area contributed by atoms with Crippen LogP contribution < -0.4 is 11.1 Å². The van der Waals surface area contributed by atoms with Crippen LogP contribution in [0.5, 0.6) is 0 Å². The minimum atomic E-state index is -0.426. The van der Waals surface area contributed by atoms with Crippen LogP contribution in [-0.4, -0.2) is 18.0 Å². The minimum absolute atomic E-state index is 0.152. The zero-order valence-electron chi connectivity index (χ0n) is 10.5. The molecule has 92 valence electrons. The van der Waals surface area contributed by atoms with E-state index in [1.165, 1.54) is 19.3 Å². The second kappa shape index (κ2) is 4.02. The molecule has 0 aliphatic heterocycles. The Labute approximate surface area is 98.2 Å². The summed E-state index contributed by atoms with van der Waals surface area (Å²) < 4.78 is 0. The Hall–Kier alpha value is -0.570. The highest BCUT2D eigenvalue weighted by Gasteiger charge is 2.44. The smallest absolute Gasteiger partial charge is 0.237 e. The van der Waals surface area contributed by atoms with Crippen molar-refractivity contribution in [3.05, 3.63) is 0 Å². The second-order valence-corrected chi connectivity index (χ2v) is 6.47. The quantitative estimate of drug-likeness (QED) is 0.765. The van der Waals surface area contributed by atoms with Crippen molar-refractivity contribution in [2.75, 3.05) is 6.54 Å². The van der Waals surface area contributed by atoms with Crippen molar-refractivity contribution in [1.29, 1.82) is 0 Å². The molecule has 2 rings (SSSR count). The van der Waals surface area contributed by atoms with Gasteiger partial charge in [-0.25, -0.2) is 0 Å². The summed E-state index contributed by atoms with van der Waals surface area (Å²) in [6.07, 6.45) is 6.73. The van der Waals surface area contributed by atoms with Crippen LogP contribution >= 0.6 is 0 Å². The molecule has 3 N–H and O–H groups in total. The predicted molar refractivity (Wildman–Crippen MR) is 64.9 cm³/mol. The van der Waals surface area contributed by atoms with E-state index in [0.29, 0.717) is 0 Å². The average molecular weight is 224 g/mol. The molecule has 2 aliphatic rings. The molecule has 0 heterocycles. The Balaban J connectivity index is 2.03. The van der Waals surface area contributed by atoms with Gasteiger partial charge in [0, 0.05) is 0 Å². The average Bonchev–Trinajstić information content (AvgIpc) is 2.96. The molecule has 0 aromatic heterocycles. The van der Waals surface area contributed by atoms with Gasteiger partial charge in [-0.3, -0.25) is 4.79 Å². The highest BCUT2D eigenvalue weighted by Crippen LogP contribution is 2.41. The lowest BCUT2D eigenvalue weighted by atomic mass is 9.67. The third-order valence-electron chi connectivity index (χ3n) is 4.14. The number of carbonyl (C=O) groups is 1. The van der Waals surface area contributed by atoms with Crippen LogP contribution in [0.4, 0.5) is 0 Å². The van der Waals surface area contributed by atoms with E-state index in [1.54, 1.807) is 0 Å². The van der Waals surface area contributed by atoms with E-state index >= 15 is 0 Å². The SMILES string of the molecule is CC1(C)CCCC(NCC2CC2)(C(N)=O)C1. The first-order chi connectivity index (χ1) is 7.44. The van der Waals surface area contributed by atoms with Gasteiger partial charge in [-0.2, -0.15) is 0 Å². The van der Waals surface area contributed by atoms with E-state index in [2.05, 4.69) is 19.2 Å². The molecule has 2 saturated carbocycles. The second-order valence-electron chi connectivity index (χ2n) is 6.47. The molecule has 2 fully saturated rings. The molecule has 0 aromatic carbocycles. The topological polar surface area (TPSA) is 55.1 Å². The lowest BCUT2D eigenvalue weighted by Gasteiger charge is -2.43. The number of hydrogen-bond donors (Lipinski definition) is 2. The van der Waals surface area contributed by atoms with Crippen LogP contribution in [0.25, 0.3) is 0 Å². The number of nitrogens with two attached hydrogens (primary N) is 1. The van der Waals surface area contributed by atoms with Crippen LogP contribution in [0.3, 0.4) is 0 Å². The number of amides is 1. The Morgan fingerprint density at radius 2 is 2.06 bits per heavy atom. The zero-order chi connectivity index (χ0) is 11.8. The predicted octanol–water partition coefficient (Wildman–Crippen LogP) is 1.81. The van der Waals surface area contributed by atoms with Crippen LogP contribution in [-0.2, 0) is 4.79 Å². The summed E-state index contributed by atoms with van der Waals surface area (Å²) in [4.78, 5) is 11.8. The van der Waals surface area contributed by atoms with Crippen molar-refractivity contribution in [2.45, 2.75) is 57.9 Å². The summed E-state index contributed by atoms with van der Waals surface area (Å²) in [7, 11) is 0. The molecule has 0 spiro atoms. The lowest BCUT2D eigenvalue weighted by Crippen LogP contribution is -2.59. The highest BCUT2D eigenvalue weighted by atomic mass is 16.1. The summed E-state index contributed by atoms with van der Waals surface area (Å²) >= 11 is 0.